The third-order valence-corrected chi connectivity index (χ3v) is 4.59. The van der Waals surface area contributed by atoms with Crippen LogP contribution in [-0.4, -0.2) is 35.8 Å². The highest BCUT2D eigenvalue weighted by Gasteiger charge is 2.35. The number of rotatable bonds is 2. The lowest BCUT2D eigenvalue weighted by Gasteiger charge is -2.08. The van der Waals surface area contributed by atoms with Gasteiger partial charge in [-0.25, -0.2) is 4.79 Å². The summed E-state index contributed by atoms with van der Waals surface area (Å²) in [6.07, 6.45) is 1.66. The Morgan fingerprint density at radius 1 is 0.889 bits per heavy atom. The van der Waals surface area contributed by atoms with E-state index in [-0.39, 0.29) is 17.4 Å². The minimum Gasteiger partial charge on any atom is -0.456 e. The molecule has 1 aliphatic heterocycles. The Morgan fingerprint density at radius 2 is 1.59 bits per heavy atom. The number of carbonyl (C=O) groups excluding carboxylic acids is 2. The topological polar surface area (TPSA) is 70.8 Å². The number of fused-ring (bicyclic) bond motifs is 1. The van der Waals surface area contributed by atoms with Crippen molar-refractivity contribution < 1.29 is 14.0 Å². The van der Waals surface area contributed by atoms with Gasteiger partial charge in [0.25, 0.3) is 5.91 Å². The summed E-state index contributed by atoms with van der Waals surface area (Å²) < 4.78 is 5.84. The summed E-state index contributed by atoms with van der Waals surface area (Å²) in [6.45, 7) is 0. The quantitative estimate of drug-likeness (QED) is 0.519. The molecule has 4 rings (SSSR count). The number of para-hydroxylation sites is 1. The van der Waals surface area contributed by atoms with Crippen molar-refractivity contribution in [3.05, 3.63) is 76.1 Å². The van der Waals surface area contributed by atoms with Crippen molar-refractivity contribution in [2.45, 2.75) is 0 Å². The van der Waals surface area contributed by atoms with E-state index < -0.39 is 0 Å². The first-order chi connectivity index (χ1) is 13.0. The van der Waals surface area contributed by atoms with Gasteiger partial charge in [-0.3, -0.25) is 19.4 Å². The van der Waals surface area contributed by atoms with Crippen molar-refractivity contribution in [3.8, 4) is 11.3 Å². The number of nitrogens with zero attached hydrogens (tertiary/aromatic N) is 2. The SMILES string of the molecule is CN1C(=O)/C(=C/c2ccc(-c3cc(=O)c4ccccc4o3)cc2)N(C)C1=O. The van der Waals surface area contributed by atoms with E-state index in [0.717, 1.165) is 16.0 Å². The molecule has 6 nitrogen and oxygen atoms in total. The summed E-state index contributed by atoms with van der Waals surface area (Å²) in [5, 5.41) is 0.541. The molecule has 0 spiro atoms. The van der Waals surface area contributed by atoms with Crippen LogP contribution >= 0.6 is 0 Å². The molecule has 2 heterocycles. The zero-order chi connectivity index (χ0) is 19.1. The molecule has 6 heteroatoms. The standard InChI is InChI=1S/C21H16N2O4/c1-22-16(20(25)23(2)21(22)26)11-13-7-9-14(10-8-13)19-12-17(24)15-5-3-4-6-18(15)27-19/h3-12H,1-2H3/b16-11-. The molecule has 0 atom stereocenters. The maximum absolute atomic E-state index is 12.3. The highest BCUT2D eigenvalue weighted by molar-refractivity contribution is 6.13. The van der Waals surface area contributed by atoms with Crippen molar-refractivity contribution in [1.82, 2.24) is 9.80 Å². The Labute approximate surface area is 154 Å². The van der Waals surface area contributed by atoms with Gasteiger partial charge in [-0.05, 0) is 23.8 Å². The normalized spacial score (nSPS) is 16.0. The van der Waals surface area contributed by atoms with Gasteiger partial charge < -0.3 is 4.42 Å². The summed E-state index contributed by atoms with van der Waals surface area (Å²) in [4.78, 5) is 38.6. The predicted molar refractivity (Wildman–Crippen MR) is 102 cm³/mol. The fourth-order valence-corrected chi connectivity index (χ4v) is 3.04. The summed E-state index contributed by atoms with van der Waals surface area (Å²) >= 11 is 0. The molecule has 134 valence electrons. The Bertz CT molecular complexity index is 1160. The van der Waals surface area contributed by atoms with Gasteiger partial charge in [-0.15, -0.1) is 0 Å². The molecular weight excluding hydrogens is 344 g/mol. The number of benzene rings is 2. The largest absolute Gasteiger partial charge is 0.456 e. The van der Waals surface area contributed by atoms with E-state index in [4.69, 9.17) is 4.42 Å². The molecule has 1 fully saturated rings. The van der Waals surface area contributed by atoms with Crippen LogP contribution in [-0.2, 0) is 4.79 Å². The summed E-state index contributed by atoms with van der Waals surface area (Å²) in [6, 6.07) is 15.4. The number of hydrogen-bond donors (Lipinski definition) is 0. The number of carbonyl (C=O) groups is 2. The lowest BCUT2D eigenvalue weighted by Crippen LogP contribution is -2.27. The van der Waals surface area contributed by atoms with Crippen molar-refractivity contribution in [2.75, 3.05) is 14.1 Å². The van der Waals surface area contributed by atoms with Crippen LogP contribution in [0.4, 0.5) is 4.79 Å². The molecule has 0 saturated carbocycles. The number of amides is 3. The molecule has 2 aromatic carbocycles. The molecule has 1 saturated heterocycles. The zero-order valence-electron chi connectivity index (χ0n) is 14.8. The first-order valence-corrected chi connectivity index (χ1v) is 8.36. The van der Waals surface area contributed by atoms with Crippen molar-refractivity contribution in [1.29, 1.82) is 0 Å². The maximum Gasteiger partial charge on any atom is 0.331 e. The van der Waals surface area contributed by atoms with Crippen molar-refractivity contribution in [2.24, 2.45) is 0 Å². The third kappa shape index (κ3) is 2.81. The summed E-state index contributed by atoms with van der Waals surface area (Å²) in [5.74, 6) is 0.133. The second-order valence-electron chi connectivity index (χ2n) is 6.33. The van der Waals surface area contributed by atoms with Crippen LogP contribution in [0.2, 0.25) is 0 Å². The maximum atomic E-state index is 12.3. The van der Waals surface area contributed by atoms with Gasteiger partial charge in [0.2, 0.25) is 0 Å². The van der Waals surface area contributed by atoms with Gasteiger partial charge in [0.1, 0.15) is 17.0 Å². The molecule has 3 aromatic rings. The third-order valence-electron chi connectivity index (χ3n) is 4.59. The van der Waals surface area contributed by atoms with Gasteiger partial charge in [-0.1, -0.05) is 36.4 Å². The number of imide groups is 1. The second kappa shape index (κ2) is 6.25. The summed E-state index contributed by atoms with van der Waals surface area (Å²) in [7, 11) is 3.01. The van der Waals surface area contributed by atoms with E-state index in [1.807, 2.05) is 18.2 Å². The van der Waals surface area contributed by atoms with Crippen LogP contribution in [0, 0.1) is 0 Å². The Morgan fingerprint density at radius 3 is 2.26 bits per heavy atom. The van der Waals surface area contributed by atoms with Crippen LogP contribution in [0.15, 0.2) is 69.5 Å². The van der Waals surface area contributed by atoms with Crippen LogP contribution in [0.25, 0.3) is 28.4 Å². The molecular formula is C21H16N2O4. The van der Waals surface area contributed by atoms with Crippen LogP contribution in [0.5, 0.6) is 0 Å². The van der Waals surface area contributed by atoms with Gasteiger partial charge in [0.15, 0.2) is 5.43 Å². The molecule has 0 radical (unpaired) electrons. The average molecular weight is 360 g/mol. The van der Waals surface area contributed by atoms with E-state index in [1.54, 1.807) is 43.5 Å². The number of urea groups is 1. The molecule has 0 unspecified atom stereocenters. The fraction of sp³-hybridized carbons (Fsp3) is 0.0952. The Balaban J connectivity index is 1.69. The minimum atomic E-state index is -0.360. The molecule has 0 aliphatic carbocycles. The van der Waals surface area contributed by atoms with Gasteiger partial charge >= 0.3 is 6.03 Å². The van der Waals surface area contributed by atoms with Crippen LogP contribution in [0.1, 0.15) is 5.56 Å². The highest BCUT2D eigenvalue weighted by Crippen LogP contribution is 2.24. The molecule has 3 amide bonds. The van der Waals surface area contributed by atoms with Crippen LogP contribution < -0.4 is 5.43 Å². The van der Waals surface area contributed by atoms with Crippen LogP contribution in [0.3, 0.4) is 0 Å². The van der Waals surface area contributed by atoms with Gasteiger partial charge in [-0.2, -0.15) is 0 Å². The first kappa shape index (κ1) is 16.8. The molecule has 27 heavy (non-hydrogen) atoms. The minimum absolute atomic E-state index is 0.0993. The number of likely N-dealkylation sites (N-methyl/N-ethyl adjacent to an activating group) is 2. The summed E-state index contributed by atoms with van der Waals surface area (Å²) in [5.41, 5.74) is 2.26. The van der Waals surface area contributed by atoms with E-state index >= 15 is 0 Å². The lowest BCUT2D eigenvalue weighted by atomic mass is 10.1. The Kier molecular flexibility index (Phi) is 3.88. The lowest BCUT2D eigenvalue weighted by molar-refractivity contribution is -0.122. The molecule has 0 N–H and O–H groups in total. The van der Waals surface area contributed by atoms with E-state index in [2.05, 4.69) is 0 Å². The highest BCUT2D eigenvalue weighted by atomic mass is 16.3. The fourth-order valence-electron chi connectivity index (χ4n) is 3.04. The Hall–Kier alpha value is -3.67. The second-order valence-corrected chi connectivity index (χ2v) is 6.33. The monoisotopic (exact) mass is 360 g/mol. The van der Waals surface area contributed by atoms with Crippen molar-refractivity contribution in [3.63, 3.8) is 0 Å². The molecule has 0 bridgehead atoms. The first-order valence-electron chi connectivity index (χ1n) is 8.36. The smallest absolute Gasteiger partial charge is 0.331 e. The molecule has 1 aromatic heterocycles. The predicted octanol–water partition coefficient (Wildman–Crippen LogP) is 3.32. The van der Waals surface area contributed by atoms with E-state index in [1.165, 1.54) is 18.0 Å². The van der Waals surface area contributed by atoms with Gasteiger partial charge in [0.05, 0.1) is 5.39 Å². The number of hydrogen-bond acceptors (Lipinski definition) is 4. The van der Waals surface area contributed by atoms with Crippen molar-refractivity contribution >= 4 is 29.0 Å². The van der Waals surface area contributed by atoms with E-state index in [0.29, 0.717) is 22.4 Å². The zero-order valence-corrected chi connectivity index (χ0v) is 14.8. The van der Waals surface area contributed by atoms with Gasteiger partial charge in [0, 0.05) is 25.7 Å². The molecule has 1 aliphatic rings. The average Bonchev–Trinajstić information content (AvgIpc) is 2.86. The van der Waals surface area contributed by atoms with E-state index in [9.17, 15) is 14.4 Å².